The molecule has 4 rings (SSSR count). The van der Waals surface area contributed by atoms with Crippen LogP contribution in [0.4, 0.5) is 0 Å². The van der Waals surface area contributed by atoms with Crippen LogP contribution in [0.1, 0.15) is 43.2 Å². The Bertz CT molecular complexity index is 1520. The molecule has 0 bridgehead atoms. The number of allylic oxidation sites excluding steroid dienone is 2. The normalized spacial score (nSPS) is 11.5. The van der Waals surface area contributed by atoms with Gasteiger partial charge < -0.3 is 9.13 Å². The molecule has 0 unspecified atom stereocenters. The third-order valence-electron chi connectivity index (χ3n) is 5.80. The molecule has 5 nitrogen and oxygen atoms in total. The predicted molar refractivity (Wildman–Crippen MR) is 154 cm³/mol. The second-order valence-electron chi connectivity index (χ2n) is 8.50. The Morgan fingerprint density at radius 1 is 0.632 bits per heavy atom. The summed E-state index contributed by atoms with van der Waals surface area (Å²) in [5, 5.41) is 1.42. The van der Waals surface area contributed by atoms with Crippen LogP contribution in [0, 0.1) is 0 Å². The molecule has 192 valence electrons. The van der Waals surface area contributed by atoms with E-state index in [-0.39, 0.29) is 27.4 Å². The second-order valence-corrected chi connectivity index (χ2v) is 10.2. The van der Waals surface area contributed by atoms with Crippen LogP contribution in [0.5, 0.6) is 0 Å². The summed E-state index contributed by atoms with van der Waals surface area (Å²) in [6.45, 7) is 0. The summed E-state index contributed by atoms with van der Waals surface area (Å²) in [6.07, 6.45) is 9.38. The average molecular weight is 586 g/mol. The number of ketones is 3. The highest BCUT2D eigenvalue weighted by Gasteiger charge is 2.17. The standard InChI is InChI=1S/C29H20Cl4N2O3/c1-34-15-17(28(37)24-9-3-19(30)13-26(24)32)11-21(34)5-7-23(36)8-6-22-12-18(16-35(22)2)29(38)25-10-4-20(31)14-27(25)33/h3-16H,1-2H3. The van der Waals surface area contributed by atoms with E-state index in [1.165, 1.54) is 24.3 Å². The second kappa shape index (κ2) is 11.6. The zero-order valence-corrected chi connectivity index (χ0v) is 23.2. The molecule has 0 aliphatic rings. The zero-order valence-electron chi connectivity index (χ0n) is 20.2. The molecule has 0 saturated carbocycles. The number of halogens is 4. The van der Waals surface area contributed by atoms with E-state index in [9.17, 15) is 14.4 Å². The fourth-order valence-electron chi connectivity index (χ4n) is 3.79. The van der Waals surface area contributed by atoms with E-state index in [4.69, 9.17) is 46.4 Å². The third kappa shape index (κ3) is 6.20. The lowest BCUT2D eigenvalue weighted by Gasteiger charge is -2.02. The van der Waals surface area contributed by atoms with Gasteiger partial charge in [0.1, 0.15) is 0 Å². The summed E-state index contributed by atoms with van der Waals surface area (Å²) in [6, 6.07) is 12.8. The third-order valence-corrected chi connectivity index (χ3v) is 6.90. The van der Waals surface area contributed by atoms with Crippen LogP contribution >= 0.6 is 46.4 Å². The van der Waals surface area contributed by atoms with E-state index in [0.29, 0.717) is 43.7 Å². The number of aromatic nitrogens is 2. The zero-order chi connectivity index (χ0) is 27.6. The summed E-state index contributed by atoms with van der Waals surface area (Å²) >= 11 is 24.2. The number of carbonyl (C=O) groups excluding carboxylic acids is 3. The van der Waals surface area contributed by atoms with Crippen molar-refractivity contribution in [2.24, 2.45) is 14.1 Å². The maximum Gasteiger partial charge on any atom is 0.196 e. The molecule has 0 atom stereocenters. The van der Waals surface area contributed by atoms with Gasteiger partial charge in [0.25, 0.3) is 0 Å². The van der Waals surface area contributed by atoms with E-state index in [1.54, 1.807) is 84.2 Å². The molecular formula is C29H20Cl4N2O3. The molecule has 0 N–H and O–H groups in total. The molecule has 38 heavy (non-hydrogen) atoms. The highest BCUT2D eigenvalue weighted by atomic mass is 35.5. The first kappa shape index (κ1) is 27.7. The Kier molecular flexibility index (Phi) is 8.44. The van der Waals surface area contributed by atoms with Crippen LogP contribution in [0.25, 0.3) is 12.2 Å². The fraction of sp³-hybridized carbons (Fsp3) is 0.0690. The van der Waals surface area contributed by atoms with Gasteiger partial charge in [0, 0.05) is 70.2 Å². The molecule has 0 aliphatic carbocycles. The van der Waals surface area contributed by atoms with Gasteiger partial charge in [-0.2, -0.15) is 0 Å². The Morgan fingerprint density at radius 3 is 1.39 bits per heavy atom. The van der Waals surface area contributed by atoms with E-state index >= 15 is 0 Å². The summed E-state index contributed by atoms with van der Waals surface area (Å²) < 4.78 is 3.48. The number of nitrogens with zero attached hydrogens (tertiary/aromatic N) is 2. The van der Waals surface area contributed by atoms with Gasteiger partial charge in [-0.3, -0.25) is 14.4 Å². The van der Waals surface area contributed by atoms with Crippen molar-refractivity contribution in [3.8, 4) is 0 Å². The van der Waals surface area contributed by atoms with Crippen LogP contribution in [-0.4, -0.2) is 26.5 Å². The van der Waals surface area contributed by atoms with Crippen LogP contribution in [0.15, 0.2) is 73.1 Å². The van der Waals surface area contributed by atoms with Gasteiger partial charge in [0.2, 0.25) is 0 Å². The molecule has 0 saturated heterocycles. The van der Waals surface area contributed by atoms with Crippen molar-refractivity contribution in [3.63, 3.8) is 0 Å². The van der Waals surface area contributed by atoms with Gasteiger partial charge >= 0.3 is 0 Å². The quantitative estimate of drug-likeness (QED) is 0.157. The minimum absolute atomic E-state index is 0.248. The van der Waals surface area contributed by atoms with Gasteiger partial charge in [-0.1, -0.05) is 46.4 Å². The first-order valence-electron chi connectivity index (χ1n) is 11.3. The molecule has 0 radical (unpaired) electrons. The molecule has 0 aliphatic heterocycles. The van der Waals surface area contributed by atoms with E-state index in [0.717, 1.165) is 0 Å². The largest absolute Gasteiger partial charge is 0.350 e. The van der Waals surface area contributed by atoms with E-state index < -0.39 is 0 Å². The smallest absolute Gasteiger partial charge is 0.196 e. The first-order chi connectivity index (χ1) is 18.0. The highest BCUT2D eigenvalue weighted by molar-refractivity contribution is 6.38. The van der Waals surface area contributed by atoms with Crippen molar-refractivity contribution in [2.75, 3.05) is 0 Å². The summed E-state index contributed by atoms with van der Waals surface area (Å²) in [5.41, 5.74) is 2.87. The Morgan fingerprint density at radius 2 is 1.03 bits per heavy atom. The van der Waals surface area contributed by atoms with Gasteiger partial charge in [-0.25, -0.2) is 0 Å². The topological polar surface area (TPSA) is 61.1 Å². The predicted octanol–water partition coefficient (Wildman–Crippen LogP) is 7.73. The van der Waals surface area contributed by atoms with Crippen LogP contribution in [0.2, 0.25) is 20.1 Å². The molecule has 2 aromatic heterocycles. The lowest BCUT2D eigenvalue weighted by molar-refractivity contribution is -0.110. The number of carbonyl (C=O) groups is 3. The van der Waals surface area contributed by atoms with Crippen LogP contribution in [0.3, 0.4) is 0 Å². The fourth-order valence-corrected chi connectivity index (χ4v) is 4.78. The van der Waals surface area contributed by atoms with Gasteiger partial charge in [-0.15, -0.1) is 0 Å². The Labute approximate surface area is 239 Å². The summed E-state index contributed by atoms with van der Waals surface area (Å²) in [5.74, 6) is -0.765. The molecule has 4 aromatic rings. The molecule has 2 aromatic carbocycles. The minimum atomic E-state index is -0.269. The average Bonchev–Trinajstić information content (AvgIpc) is 3.42. The first-order valence-corrected chi connectivity index (χ1v) is 12.8. The van der Waals surface area contributed by atoms with Gasteiger partial charge in [-0.05, 0) is 72.8 Å². The molecular weight excluding hydrogens is 566 g/mol. The maximum absolute atomic E-state index is 12.9. The van der Waals surface area contributed by atoms with Crippen LogP contribution in [-0.2, 0) is 18.9 Å². The molecule has 0 fully saturated rings. The molecule has 2 heterocycles. The van der Waals surface area contributed by atoms with Crippen LogP contribution < -0.4 is 0 Å². The summed E-state index contributed by atoms with van der Waals surface area (Å²) in [4.78, 5) is 38.2. The number of hydrogen-bond donors (Lipinski definition) is 0. The van der Waals surface area contributed by atoms with Crippen molar-refractivity contribution >= 4 is 75.9 Å². The number of rotatable bonds is 8. The number of hydrogen-bond acceptors (Lipinski definition) is 3. The van der Waals surface area contributed by atoms with Crippen molar-refractivity contribution in [3.05, 3.63) is 127 Å². The monoisotopic (exact) mass is 584 g/mol. The Balaban J connectivity index is 1.46. The van der Waals surface area contributed by atoms with Gasteiger partial charge in [0.15, 0.2) is 17.3 Å². The highest BCUT2D eigenvalue weighted by Crippen LogP contribution is 2.26. The van der Waals surface area contributed by atoms with Crippen molar-refractivity contribution in [2.45, 2.75) is 0 Å². The summed E-state index contributed by atoms with van der Waals surface area (Å²) in [7, 11) is 3.55. The van der Waals surface area contributed by atoms with Crippen molar-refractivity contribution in [1.29, 1.82) is 0 Å². The SMILES string of the molecule is Cn1cc(C(=O)c2ccc(Cl)cc2Cl)cc1C=CC(=O)C=Cc1cc(C(=O)c2ccc(Cl)cc2Cl)cn1C. The van der Waals surface area contributed by atoms with Crippen molar-refractivity contribution in [1.82, 2.24) is 9.13 Å². The lowest BCUT2D eigenvalue weighted by atomic mass is 10.1. The van der Waals surface area contributed by atoms with E-state index in [1.807, 2.05) is 0 Å². The molecule has 0 spiro atoms. The van der Waals surface area contributed by atoms with E-state index in [2.05, 4.69) is 0 Å². The lowest BCUT2D eigenvalue weighted by Crippen LogP contribution is -2.00. The number of aryl methyl sites for hydroxylation is 2. The van der Waals surface area contributed by atoms with Crippen molar-refractivity contribution < 1.29 is 14.4 Å². The minimum Gasteiger partial charge on any atom is -0.350 e. The maximum atomic E-state index is 12.9. The molecule has 0 amide bonds. The Hall–Kier alpha value is -3.35. The van der Waals surface area contributed by atoms with Gasteiger partial charge in [0.05, 0.1) is 10.0 Å². The number of benzene rings is 2. The molecule has 9 heteroatoms.